The maximum atomic E-state index is 10.0. The maximum absolute atomic E-state index is 10.0. The second kappa shape index (κ2) is 14.6. The molecule has 10 nitrogen and oxygen atoms in total. The van der Waals surface area contributed by atoms with Gasteiger partial charge in [-0.05, 0) is 25.1 Å². The summed E-state index contributed by atoms with van der Waals surface area (Å²) in [6.07, 6.45) is 3.26. The first kappa shape index (κ1) is 28.5. The van der Waals surface area contributed by atoms with E-state index in [1.54, 1.807) is 21.3 Å². The second-order valence-corrected chi connectivity index (χ2v) is 9.30. The Hall–Kier alpha value is -3.05. The van der Waals surface area contributed by atoms with E-state index in [1.807, 2.05) is 47.4 Å². The van der Waals surface area contributed by atoms with Crippen molar-refractivity contribution in [3.63, 3.8) is 0 Å². The molecule has 0 radical (unpaired) electrons. The largest absolute Gasteiger partial charge is 0.491 e. The molecule has 0 amide bonds. The molecule has 202 valence electrons. The van der Waals surface area contributed by atoms with Crippen LogP contribution in [0.25, 0.3) is 22.6 Å². The Kier molecular flexibility index (Phi) is 11.3. The molecule has 1 atom stereocenters. The highest BCUT2D eigenvalue weighted by Gasteiger charge is 2.16. The molecule has 10 heteroatoms. The molecule has 37 heavy (non-hydrogen) atoms. The minimum Gasteiger partial charge on any atom is -0.491 e. The summed E-state index contributed by atoms with van der Waals surface area (Å²) < 4.78 is 18.4. The van der Waals surface area contributed by atoms with Crippen molar-refractivity contribution in [2.45, 2.75) is 26.5 Å². The van der Waals surface area contributed by atoms with E-state index < -0.39 is 6.10 Å². The summed E-state index contributed by atoms with van der Waals surface area (Å²) in [4.78, 5) is 12.0. The van der Waals surface area contributed by atoms with Gasteiger partial charge in [-0.3, -0.25) is 4.68 Å². The number of benzene rings is 1. The Morgan fingerprint density at radius 2 is 1.81 bits per heavy atom. The minimum atomic E-state index is -0.600. The molecule has 0 spiro atoms. The zero-order valence-corrected chi connectivity index (χ0v) is 22.6. The molecule has 1 aromatic carbocycles. The molecule has 1 unspecified atom stereocenters. The molecule has 2 N–H and O–H groups in total. The molecule has 0 bridgehead atoms. The first-order valence-electron chi connectivity index (χ1n) is 12.6. The smallest absolute Gasteiger partial charge is 0.162 e. The first-order valence-corrected chi connectivity index (χ1v) is 12.6. The van der Waals surface area contributed by atoms with E-state index in [1.165, 1.54) is 0 Å². The summed E-state index contributed by atoms with van der Waals surface area (Å²) in [7, 11) is 5.17. The Labute approximate surface area is 219 Å². The normalized spacial score (nSPS) is 12.2. The van der Waals surface area contributed by atoms with Gasteiger partial charge in [0.1, 0.15) is 24.3 Å². The van der Waals surface area contributed by atoms with E-state index in [9.17, 15) is 5.11 Å². The third-order valence-electron chi connectivity index (χ3n) is 5.62. The molecule has 3 aromatic rings. The van der Waals surface area contributed by atoms with Crippen LogP contribution in [0.4, 0.5) is 5.82 Å². The van der Waals surface area contributed by atoms with E-state index in [4.69, 9.17) is 24.2 Å². The van der Waals surface area contributed by atoms with Crippen LogP contribution < -0.4 is 15.0 Å². The number of hydrogen-bond acceptors (Lipinski definition) is 9. The summed E-state index contributed by atoms with van der Waals surface area (Å²) in [6, 6.07) is 9.60. The van der Waals surface area contributed by atoms with Crippen LogP contribution in [0.1, 0.15) is 13.8 Å². The molecular weight excluding hydrogens is 472 g/mol. The molecule has 2 aromatic heterocycles. The Bertz CT molecular complexity index is 1080. The van der Waals surface area contributed by atoms with Crippen LogP contribution >= 0.6 is 0 Å². The quantitative estimate of drug-likeness (QED) is 0.300. The van der Waals surface area contributed by atoms with Crippen LogP contribution in [-0.2, 0) is 16.0 Å². The Balaban J connectivity index is 1.99. The second-order valence-electron chi connectivity index (χ2n) is 9.30. The third-order valence-corrected chi connectivity index (χ3v) is 5.62. The highest BCUT2D eigenvalue weighted by molar-refractivity contribution is 5.67. The van der Waals surface area contributed by atoms with Gasteiger partial charge in [0, 0.05) is 63.8 Å². The number of hydrogen-bond donors (Lipinski definition) is 2. The third kappa shape index (κ3) is 8.78. The van der Waals surface area contributed by atoms with Gasteiger partial charge in [0.15, 0.2) is 5.82 Å². The average Bonchev–Trinajstić information content (AvgIpc) is 3.35. The van der Waals surface area contributed by atoms with Crippen molar-refractivity contribution in [2.75, 3.05) is 65.6 Å². The number of anilines is 1. The van der Waals surface area contributed by atoms with Crippen LogP contribution in [-0.4, -0.2) is 91.7 Å². The highest BCUT2D eigenvalue weighted by Crippen LogP contribution is 2.28. The number of ether oxygens (including phenoxy) is 3. The van der Waals surface area contributed by atoms with Gasteiger partial charge in [-0.25, -0.2) is 9.97 Å². The van der Waals surface area contributed by atoms with Crippen molar-refractivity contribution >= 4 is 5.82 Å². The molecule has 0 aliphatic heterocycles. The molecule has 0 fully saturated rings. The van der Waals surface area contributed by atoms with Gasteiger partial charge in [0.05, 0.1) is 25.1 Å². The zero-order valence-electron chi connectivity index (χ0n) is 22.6. The van der Waals surface area contributed by atoms with Gasteiger partial charge in [-0.15, -0.1) is 0 Å². The number of aliphatic hydroxyl groups is 1. The lowest BCUT2D eigenvalue weighted by Crippen LogP contribution is -2.31. The summed E-state index contributed by atoms with van der Waals surface area (Å²) in [5.74, 6) is 2.48. The van der Waals surface area contributed by atoms with Crippen molar-refractivity contribution < 1.29 is 19.3 Å². The molecule has 0 saturated heterocycles. The fourth-order valence-corrected chi connectivity index (χ4v) is 3.80. The van der Waals surface area contributed by atoms with E-state index in [2.05, 4.69) is 29.2 Å². The standard InChI is InChI=1S/C27H40N6O4/c1-20(2)17-33-18-22(15-29-33)25-14-26(32(9-11-35-4)10-12-36-5)31-27(30-25)21-7-6-8-24(13-21)37-19-23(34)16-28-3/h6-8,13-15,18,20,23,28,34H,9-12,16-17,19H2,1-5H3. The lowest BCUT2D eigenvalue weighted by molar-refractivity contribution is 0.108. The predicted molar refractivity (Wildman–Crippen MR) is 145 cm³/mol. The monoisotopic (exact) mass is 512 g/mol. The van der Waals surface area contributed by atoms with Gasteiger partial charge in [0.2, 0.25) is 0 Å². The van der Waals surface area contributed by atoms with Crippen LogP contribution in [0.5, 0.6) is 5.75 Å². The summed E-state index contributed by atoms with van der Waals surface area (Å²) in [5, 5.41) is 17.5. The van der Waals surface area contributed by atoms with Crippen LogP contribution in [0.3, 0.4) is 0 Å². The van der Waals surface area contributed by atoms with Gasteiger partial charge in [-0.2, -0.15) is 5.10 Å². The molecule has 0 aliphatic rings. The van der Waals surface area contributed by atoms with E-state index >= 15 is 0 Å². The number of aromatic nitrogens is 4. The predicted octanol–water partition coefficient (Wildman–Crippen LogP) is 2.72. The van der Waals surface area contributed by atoms with E-state index in [-0.39, 0.29) is 6.61 Å². The molecule has 2 heterocycles. The number of likely N-dealkylation sites (N-methyl/N-ethyl adjacent to an activating group) is 1. The minimum absolute atomic E-state index is 0.188. The first-order chi connectivity index (χ1) is 17.9. The van der Waals surface area contributed by atoms with E-state index in [0.717, 1.165) is 29.2 Å². The van der Waals surface area contributed by atoms with E-state index in [0.29, 0.717) is 50.3 Å². The lowest BCUT2D eigenvalue weighted by Gasteiger charge is -2.24. The van der Waals surface area contributed by atoms with Gasteiger partial charge >= 0.3 is 0 Å². The number of nitrogens with zero attached hydrogens (tertiary/aromatic N) is 5. The number of nitrogens with one attached hydrogen (secondary N) is 1. The molecular formula is C27H40N6O4. The number of aliphatic hydroxyl groups excluding tert-OH is 1. The van der Waals surface area contributed by atoms with Crippen LogP contribution in [0.2, 0.25) is 0 Å². The number of methoxy groups -OCH3 is 2. The summed E-state index contributed by atoms with van der Waals surface area (Å²) in [6.45, 7) is 8.24. The van der Waals surface area contributed by atoms with Crippen molar-refractivity contribution in [2.24, 2.45) is 5.92 Å². The van der Waals surface area contributed by atoms with Gasteiger partial charge in [-0.1, -0.05) is 26.0 Å². The lowest BCUT2D eigenvalue weighted by atomic mass is 10.1. The fourth-order valence-electron chi connectivity index (χ4n) is 3.80. The van der Waals surface area contributed by atoms with Crippen molar-refractivity contribution in [3.8, 4) is 28.4 Å². The van der Waals surface area contributed by atoms with Crippen LogP contribution in [0, 0.1) is 5.92 Å². The molecule has 0 saturated carbocycles. The summed E-state index contributed by atoms with van der Waals surface area (Å²) >= 11 is 0. The van der Waals surface area contributed by atoms with Crippen molar-refractivity contribution in [1.29, 1.82) is 0 Å². The van der Waals surface area contributed by atoms with Crippen molar-refractivity contribution in [3.05, 3.63) is 42.7 Å². The Morgan fingerprint density at radius 1 is 1.05 bits per heavy atom. The Morgan fingerprint density at radius 3 is 2.49 bits per heavy atom. The maximum Gasteiger partial charge on any atom is 0.162 e. The SMILES string of the molecule is CNCC(O)COc1cccc(-c2nc(-c3cnn(CC(C)C)c3)cc(N(CCOC)CCOC)n2)c1. The average molecular weight is 513 g/mol. The fraction of sp³-hybridized carbons (Fsp3) is 0.519. The van der Waals surface area contributed by atoms with Crippen molar-refractivity contribution in [1.82, 2.24) is 25.1 Å². The van der Waals surface area contributed by atoms with Gasteiger partial charge < -0.3 is 29.5 Å². The van der Waals surface area contributed by atoms with Gasteiger partial charge in [0.25, 0.3) is 0 Å². The zero-order chi connectivity index (χ0) is 26.6. The number of rotatable bonds is 16. The molecule has 0 aliphatic carbocycles. The van der Waals surface area contributed by atoms with Crippen LogP contribution in [0.15, 0.2) is 42.7 Å². The summed E-state index contributed by atoms with van der Waals surface area (Å²) in [5.41, 5.74) is 2.52. The molecule has 3 rings (SSSR count). The topological polar surface area (TPSA) is 107 Å². The highest BCUT2D eigenvalue weighted by atomic mass is 16.5.